The van der Waals surface area contributed by atoms with Gasteiger partial charge in [0, 0.05) is 6.54 Å². The predicted octanol–water partition coefficient (Wildman–Crippen LogP) is 3.63. The Morgan fingerprint density at radius 3 is 2.89 bits per heavy atom. The first kappa shape index (κ1) is 13.7. The number of benzene rings is 1. The molecule has 0 saturated carbocycles. The molecule has 0 spiro atoms. The lowest BCUT2D eigenvalue weighted by atomic mass is 10.0. The summed E-state index contributed by atoms with van der Waals surface area (Å²) in [6.07, 6.45) is 2.23. The molecular formula is C14H14ClFN2O. The number of hydrogen-bond donors (Lipinski definition) is 0. The van der Waals surface area contributed by atoms with Crippen LogP contribution < -0.4 is 0 Å². The second-order valence-corrected chi connectivity index (χ2v) is 4.74. The Hall–Kier alpha value is -1.68. The highest BCUT2D eigenvalue weighted by Crippen LogP contribution is 2.22. The van der Waals surface area contributed by atoms with Gasteiger partial charge in [0.15, 0.2) is 0 Å². The third-order valence-electron chi connectivity index (χ3n) is 2.88. The van der Waals surface area contributed by atoms with E-state index in [1.165, 1.54) is 16.9 Å². The van der Waals surface area contributed by atoms with Gasteiger partial charge in [0.2, 0.25) is 5.78 Å². The fourth-order valence-corrected chi connectivity index (χ4v) is 2.15. The van der Waals surface area contributed by atoms with E-state index < -0.39 is 11.6 Å². The number of ketones is 1. The Labute approximate surface area is 116 Å². The van der Waals surface area contributed by atoms with Gasteiger partial charge in [-0.1, -0.05) is 30.7 Å². The van der Waals surface area contributed by atoms with Gasteiger partial charge in [-0.3, -0.25) is 9.48 Å². The summed E-state index contributed by atoms with van der Waals surface area (Å²) in [6.45, 7) is 4.16. The molecular weight excluding hydrogens is 267 g/mol. The van der Waals surface area contributed by atoms with E-state index in [0.717, 1.165) is 6.42 Å². The highest BCUT2D eigenvalue weighted by Gasteiger charge is 2.22. The zero-order chi connectivity index (χ0) is 14.0. The van der Waals surface area contributed by atoms with Crippen molar-refractivity contribution in [2.45, 2.75) is 26.8 Å². The zero-order valence-electron chi connectivity index (χ0n) is 10.8. The van der Waals surface area contributed by atoms with E-state index in [4.69, 9.17) is 11.6 Å². The van der Waals surface area contributed by atoms with Crippen molar-refractivity contribution < 1.29 is 9.18 Å². The Balaban J connectivity index is 2.50. The molecule has 0 saturated heterocycles. The van der Waals surface area contributed by atoms with E-state index in [1.807, 2.05) is 6.92 Å². The van der Waals surface area contributed by atoms with Crippen LogP contribution in [0.5, 0.6) is 0 Å². The summed E-state index contributed by atoms with van der Waals surface area (Å²) in [6, 6.07) is 4.74. The third-order valence-corrected chi connectivity index (χ3v) is 3.16. The van der Waals surface area contributed by atoms with Crippen LogP contribution in [-0.2, 0) is 6.54 Å². The van der Waals surface area contributed by atoms with Gasteiger partial charge in [-0.05, 0) is 25.0 Å². The number of rotatable bonds is 4. The standard InChI is InChI=1S/C14H14ClFN2O/c1-3-7-18-13(11(15)8-17-18)14(19)10-6-4-5-9(2)12(10)16/h4-6,8H,3,7H2,1-2H3. The van der Waals surface area contributed by atoms with Crippen LogP contribution in [0.15, 0.2) is 24.4 Å². The molecule has 0 fully saturated rings. The van der Waals surface area contributed by atoms with Crippen molar-refractivity contribution in [3.63, 3.8) is 0 Å². The first-order chi connectivity index (χ1) is 9.06. The van der Waals surface area contributed by atoms with E-state index in [2.05, 4.69) is 5.10 Å². The SMILES string of the molecule is CCCn1ncc(Cl)c1C(=O)c1cccc(C)c1F. The summed E-state index contributed by atoms with van der Waals surface area (Å²) < 4.78 is 15.5. The monoisotopic (exact) mass is 280 g/mol. The van der Waals surface area contributed by atoms with Crippen LogP contribution in [0.1, 0.15) is 35.0 Å². The maximum atomic E-state index is 14.0. The van der Waals surface area contributed by atoms with E-state index in [0.29, 0.717) is 12.1 Å². The van der Waals surface area contributed by atoms with E-state index >= 15 is 0 Å². The lowest BCUT2D eigenvalue weighted by Crippen LogP contribution is -2.13. The summed E-state index contributed by atoms with van der Waals surface area (Å²) >= 11 is 5.99. The summed E-state index contributed by atoms with van der Waals surface area (Å²) in [4.78, 5) is 12.4. The molecule has 1 aromatic heterocycles. The molecule has 5 heteroatoms. The molecule has 0 aliphatic heterocycles. The summed E-state index contributed by atoms with van der Waals surface area (Å²) in [5.74, 6) is -0.940. The molecule has 0 N–H and O–H groups in total. The number of carbonyl (C=O) groups excluding carboxylic acids is 1. The Morgan fingerprint density at radius 1 is 1.47 bits per heavy atom. The van der Waals surface area contributed by atoms with Gasteiger partial charge in [0.05, 0.1) is 16.8 Å². The van der Waals surface area contributed by atoms with Crippen molar-refractivity contribution in [1.82, 2.24) is 9.78 Å². The van der Waals surface area contributed by atoms with Gasteiger partial charge in [0.1, 0.15) is 11.5 Å². The summed E-state index contributed by atoms with van der Waals surface area (Å²) in [5, 5.41) is 4.29. The molecule has 1 heterocycles. The van der Waals surface area contributed by atoms with Crippen LogP contribution in [0.4, 0.5) is 4.39 Å². The second kappa shape index (κ2) is 5.53. The first-order valence-corrected chi connectivity index (χ1v) is 6.45. The van der Waals surface area contributed by atoms with Crippen LogP contribution >= 0.6 is 11.6 Å². The number of halogens is 2. The fraction of sp³-hybridized carbons (Fsp3) is 0.286. The summed E-state index contributed by atoms with van der Waals surface area (Å²) in [7, 11) is 0. The minimum absolute atomic E-state index is 0.0275. The third kappa shape index (κ3) is 2.54. The maximum absolute atomic E-state index is 14.0. The molecule has 0 aliphatic rings. The lowest BCUT2D eigenvalue weighted by Gasteiger charge is -2.08. The molecule has 0 amide bonds. The maximum Gasteiger partial charge on any atom is 0.215 e. The minimum atomic E-state index is -0.507. The molecule has 2 rings (SSSR count). The van der Waals surface area contributed by atoms with Gasteiger partial charge in [-0.15, -0.1) is 0 Å². The minimum Gasteiger partial charge on any atom is -0.287 e. The highest BCUT2D eigenvalue weighted by molar-refractivity contribution is 6.34. The smallest absolute Gasteiger partial charge is 0.215 e. The molecule has 0 atom stereocenters. The number of nitrogens with zero attached hydrogens (tertiary/aromatic N) is 2. The van der Waals surface area contributed by atoms with Gasteiger partial charge in [-0.25, -0.2) is 4.39 Å². The predicted molar refractivity (Wildman–Crippen MR) is 72.1 cm³/mol. The average Bonchev–Trinajstić information content (AvgIpc) is 2.74. The Bertz CT molecular complexity index is 622. The second-order valence-electron chi connectivity index (χ2n) is 4.33. The number of aryl methyl sites for hydroxylation is 2. The topological polar surface area (TPSA) is 34.9 Å². The lowest BCUT2D eigenvalue weighted by molar-refractivity contribution is 0.102. The van der Waals surface area contributed by atoms with Crippen molar-refractivity contribution >= 4 is 17.4 Å². The van der Waals surface area contributed by atoms with Crippen LogP contribution in [-0.4, -0.2) is 15.6 Å². The fourth-order valence-electron chi connectivity index (χ4n) is 1.92. The van der Waals surface area contributed by atoms with Crippen LogP contribution in [0.2, 0.25) is 5.02 Å². The number of hydrogen-bond acceptors (Lipinski definition) is 2. The van der Waals surface area contributed by atoms with Gasteiger partial charge in [-0.2, -0.15) is 5.10 Å². The number of aromatic nitrogens is 2. The van der Waals surface area contributed by atoms with Crippen molar-refractivity contribution in [3.05, 3.63) is 52.1 Å². The van der Waals surface area contributed by atoms with Crippen molar-refractivity contribution in [3.8, 4) is 0 Å². The number of carbonyl (C=O) groups is 1. The Morgan fingerprint density at radius 2 is 2.21 bits per heavy atom. The normalized spacial score (nSPS) is 10.7. The van der Waals surface area contributed by atoms with Crippen molar-refractivity contribution in [1.29, 1.82) is 0 Å². The molecule has 0 bridgehead atoms. The van der Waals surface area contributed by atoms with Crippen molar-refractivity contribution in [2.75, 3.05) is 0 Å². The average molecular weight is 281 g/mol. The van der Waals surface area contributed by atoms with E-state index in [9.17, 15) is 9.18 Å². The molecule has 100 valence electrons. The van der Waals surface area contributed by atoms with Crippen LogP contribution in [0, 0.1) is 12.7 Å². The van der Waals surface area contributed by atoms with E-state index in [1.54, 1.807) is 19.1 Å². The van der Waals surface area contributed by atoms with Gasteiger partial charge in [0.25, 0.3) is 0 Å². The molecule has 1 aromatic carbocycles. The van der Waals surface area contributed by atoms with Gasteiger partial charge < -0.3 is 0 Å². The quantitative estimate of drug-likeness (QED) is 0.802. The molecule has 3 nitrogen and oxygen atoms in total. The first-order valence-electron chi connectivity index (χ1n) is 6.07. The Kier molecular flexibility index (Phi) is 4.00. The van der Waals surface area contributed by atoms with E-state index in [-0.39, 0.29) is 16.3 Å². The zero-order valence-corrected chi connectivity index (χ0v) is 11.5. The largest absolute Gasteiger partial charge is 0.287 e. The summed E-state index contributed by atoms with van der Waals surface area (Å²) in [5.41, 5.74) is 0.705. The molecule has 19 heavy (non-hydrogen) atoms. The van der Waals surface area contributed by atoms with Crippen molar-refractivity contribution in [2.24, 2.45) is 0 Å². The molecule has 2 aromatic rings. The molecule has 0 unspecified atom stereocenters. The van der Waals surface area contributed by atoms with Gasteiger partial charge >= 0.3 is 0 Å². The van der Waals surface area contributed by atoms with Crippen LogP contribution in [0.3, 0.4) is 0 Å². The highest BCUT2D eigenvalue weighted by atomic mass is 35.5. The molecule has 0 aliphatic carbocycles. The molecule has 0 radical (unpaired) electrons. The van der Waals surface area contributed by atoms with Crippen LogP contribution in [0.25, 0.3) is 0 Å².